The molecule has 15 heavy (non-hydrogen) atoms. The highest BCUT2D eigenvalue weighted by atomic mass is 32.1. The van der Waals surface area contributed by atoms with E-state index in [-0.39, 0.29) is 0 Å². The Morgan fingerprint density at radius 3 is 2.93 bits per heavy atom. The molecule has 0 bridgehead atoms. The van der Waals surface area contributed by atoms with Gasteiger partial charge in [0.25, 0.3) is 0 Å². The van der Waals surface area contributed by atoms with Gasteiger partial charge in [0.15, 0.2) is 4.77 Å². The van der Waals surface area contributed by atoms with E-state index in [2.05, 4.69) is 16.5 Å². The van der Waals surface area contributed by atoms with E-state index in [9.17, 15) is 0 Å². The Morgan fingerprint density at radius 2 is 2.27 bits per heavy atom. The molecule has 0 aliphatic heterocycles. The fourth-order valence-corrected chi connectivity index (χ4v) is 2.01. The zero-order chi connectivity index (χ0) is 10.8. The maximum absolute atomic E-state index is 5.26. The molecule has 0 atom stereocenters. The monoisotopic (exact) mass is 222 g/mol. The molecule has 0 amide bonds. The van der Waals surface area contributed by atoms with Crippen molar-refractivity contribution < 1.29 is 4.74 Å². The highest BCUT2D eigenvalue weighted by molar-refractivity contribution is 7.71. The number of aromatic amines is 1. The smallest absolute Gasteiger partial charge is 0.178 e. The largest absolute Gasteiger partial charge is 0.497 e. The lowest BCUT2D eigenvalue weighted by molar-refractivity contribution is 0.415. The molecule has 0 fully saturated rings. The molecule has 2 aromatic rings. The molecule has 1 N–H and O–H groups in total. The normalized spacial score (nSPS) is 10.8. The van der Waals surface area contributed by atoms with Gasteiger partial charge >= 0.3 is 0 Å². The van der Waals surface area contributed by atoms with Gasteiger partial charge in [-0.15, -0.1) is 0 Å². The summed E-state index contributed by atoms with van der Waals surface area (Å²) in [4.78, 5) is 3.18. The minimum Gasteiger partial charge on any atom is -0.497 e. The summed E-state index contributed by atoms with van der Waals surface area (Å²) < 4.78 is 8.06. The summed E-state index contributed by atoms with van der Waals surface area (Å²) in [6.07, 6.45) is 1.08. The number of aryl methyl sites for hydroxylation is 1. The van der Waals surface area contributed by atoms with E-state index in [1.54, 1.807) is 7.11 Å². The van der Waals surface area contributed by atoms with Crippen LogP contribution >= 0.6 is 12.2 Å². The Balaban J connectivity index is 2.63. The molecular formula is C11H14N2OS. The van der Waals surface area contributed by atoms with Gasteiger partial charge in [-0.2, -0.15) is 0 Å². The third-order valence-corrected chi connectivity index (χ3v) is 2.75. The molecule has 0 spiro atoms. The van der Waals surface area contributed by atoms with E-state index < -0.39 is 0 Å². The van der Waals surface area contributed by atoms with Crippen molar-refractivity contribution in [1.82, 2.24) is 9.55 Å². The number of H-pyrrole nitrogens is 1. The van der Waals surface area contributed by atoms with Gasteiger partial charge in [0.2, 0.25) is 0 Å². The van der Waals surface area contributed by atoms with Gasteiger partial charge in [0.05, 0.1) is 18.1 Å². The van der Waals surface area contributed by atoms with Gasteiger partial charge in [-0.05, 0) is 30.8 Å². The molecule has 1 aromatic carbocycles. The lowest BCUT2D eigenvalue weighted by Crippen LogP contribution is -1.95. The molecule has 1 heterocycles. The van der Waals surface area contributed by atoms with Crippen LogP contribution in [0.4, 0.5) is 0 Å². The molecule has 0 saturated carbocycles. The number of hydrogen-bond acceptors (Lipinski definition) is 2. The van der Waals surface area contributed by atoms with Crippen LogP contribution in [0.2, 0.25) is 0 Å². The molecule has 0 unspecified atom stereocenters. The van der Waals surface area contributed by atoms with E-state index in [1.165, 1.54) is 0 Å². The number of imidazole rings is 1. The predicted octanol–water partition coefficient (Wildman–Crippen LogP) is 3.12. The average molecular weight is 222 g/mol. The molecule has 80 valence electrons. The van der Waals surface area contributed by atoms with Gasteiger partial charge in [-0.25, -0.2) is 0 Å². The Bertz CT molecular complexity index is 527. The summed E-state index contributed by atoms with van der Waals surface area (Å²) in [6.45, 7) is 3.09. The van der Waals surface area contributed by atoms with Crippen molar-refractivity contribution in [1.29, 1.82) is 0 Å². The molecule has 0 aliphatic rings. The maximum Gasteiger partial charge on any atom is 0.178 e. The minimum absolute atomic E-state index is 0.778. The lowest BCUT2D eigenvalue weighted by atomic mass is 10.3. The van der Waals surface area contributed by atoms with Crippen LogP contribution in [-0.4, -0.2) is 16.7 Å². The quantitative estimate of drug-likeness (QED) is 0.809. The van der Waals surface area contributed by atoms with Crippen molar-refractivity contribution in [3.63, 3.8) is 0 Å². The minimum atomic E-state index is 0.778. The van der Waals surface area contributed by atoms with E-state index in [0.29, 0.717) is 0 Å². The van der Waals surface area contributed by atoms with Crippen molar-refractivity contribution in [2.75, 3.05) is 7.11 Å². The van der Waals surface area contributed by atoms with Crippen molar-refractivity contribution in [3.8, 4) is 5.75 Å². The highest BCUT2D eigenvalue weighted by Gasteiger charge is 2.04. The molecule has 2 rings (SSSR count). The van der Waals surface area contributed by atoms with E-state index in [1.807, 2.05) is 18.2 Å². The first-order valence-corrected chi connectivity index (χ1v) is 5.43. The summed E-state index contributed by atoms with van der Waals surface area (Å²) in [7, 11) is 1.67. The van der Waals surface area contributed by atoms with E-state index in [0.717, 1.165) is 34.5 Å². The second-order valence-corrected chi connectivity index (χ2v) is 3.85. The first-order chi connectivity index (χ1) is 7.26. The van der Waals surface area contributed by atoms with Crippen LogP contribution in [0.5, 0.6) is 5.75 Å². The van der Waals surface area contributed by atoms with Crippen LogP contribution in [0.3, 0.4) is 0 Å². The molecule has 1 aromatic heterocycles. The fraction of sp³-hybridized carbons (Fsp3) is 0.364. The zero-order valence-corrected chi connectivity index (χ0v) is 9.73. The van der Waals surface area contributed by atoms with Gasteiger partial charge in [-0.3, -0.25) is 0 Å². The van der Waals surface area contributed by atoms with Gasteiger partial charge < -0.3 is 14.3 Å². The summed E-state index contributed by atoms with van der Waals surface area (Å²) in [5.74, 6) is 0.849. The fourth-order valence-electron chi connectivity index (χ4n) is 1.72. The first-order valence-electron chi connectivity index (χ1n) is 5.03. The standard InChI is InChI=1S/C11H14N2OS/c1-3-6-13-10-5-4-8(14-2)7-9(10)12-11(13)15/h4-5,7H,3,6H2,1-2H3,(H,12,15). The van der Waals surface area contributed by atoms with Crippen LogP contribution in [0.15, 0.2) is 18.2 Å². The number of nitrogens with one attached hydrogen (secondary N) is 1. The van der Waals surface area contributed by atoms with Crippen LogP contribution in [0, 0.1) is 4.77 Å². The number of nitrogens with zero attached hydrogens (tertiary/aromatic N) is 1. The van der Waals surface area contributed by atoms with Crippen molar-refractivity contribution in [3.05, 3.63) is 23.0 Å². The molecule has 0 radical (unpaired) electrons. The Labute approximate surface area is 93.7 Å². The van der Waals surface area contributed by atoms with Crippen LogP contribution in [0.25, 0.3) is 11.0 Å². The summed E-state index contributed by atoms with van der Waals surface area (Å²) in [6, 6.07) is 5.96. The van der Waals surface area contributed by atoms with Gasteiger partial charge in [-0.1, -0.05) is 6.92 Å². The molecule has 0 aliphatic carbocycles. The lowest BCUT2D eigenvalue weighted by Gasteiger charge is -2.02. The first kappa shape index (κ1) is 10.2. The number of ether oxygens (including phenoxy) is 1. The van der Waals surface area contributed by atoms with E-state index in [4.69, 9.17) is 17.0 Å². The highest BCUT2D eigenvalue weighted by Crippen LogP contribution is 2.20. The van der Waals surface area contributed by atoms with Crippen molar-refractivity contribution >= 4 is 23.3 Å². The van der Waals surface area contributed by atoms with Crippen LogP contribution in [0.1, 0.15) is 13.3 Å². The number of benzene rings is 1. The summed E-state index contributed by atoms with van der Waals surface area (Å²) in [5, 5.41) is 0. The van der Waals surface area contributed by atoms with Crippen LogP contribution in [-0.2, 0) is 6.54 Å². The van der Waals surface area contributed by atoms with Crippen LogP contribution < -0.4 is 4.74 Å². The van der Waals surface area contributed by atoms with Gasteiger partial charge in [0, 0.05) is 12.6 Å². The topological polar surface area (TPSA) is 29.9 Å². The molecular weight excluding hydrogens is 208 g/mol. The predicted molar refractivity (Wildman–Crippen MR) is 64.0 cm³/mol. The Hall–Kier alpha value is -1.29. The summed E-state index contributed by atoms with van der Waals surface area (Å²) >= 11 is 5.26. The Kier molecular flexibility index (Phi) is 2.77. The number of rotatable bonds is 3. The third-order valence-electron chi connectivity index (χ3n) is 2.43. The molecule has 0 saturated heterocycles. The van der Waals surface area contributed by atoms with Crippen molar-refractivity contribution in [2.45, 2.75) is 19.9 Å². The Morgan fingerprint density at radius 1 is 1.47 bits per heavy atom. The second-order valence-electron chi connectivity index (χ2n) is 3.46. The molecule has 3 nitrogen and oxygen atoms in total. The average Bonchev–Trinajstić information content (AvgIpc) is 2.55. The number of methoxy groups -OCH3 is 1. The van der Waals surface area contributed by atoms with Crippen molar-refractivity contribution in [2.24, 2.45) is 0 Å². The summed E-state index contributed by atoms with van der Waals surface area (Å²) in [5.41, 5.74) is 2.18. The van der Waals surface area contributed by atoms with Gasteiger partial charge in [0.1, 0.15) is 5.75 Å². The van der Waals surface area contributed by atoms with E-state index >= 15 is 0 Å². The zero-order valence-electron chi connectivity index (χ0n) is 8.91. The number of aromatic nitrogens is 2. The molecule has 4 heteroatoms. The second kappa shape index (κ2) is 4.06. The SMILES string of the molecule is CCCn1c(=S)[nH]c2cc(OC)ccc21. The third kappa shape index (κ3) is 1.77. The number of hydrogen-bond donors (Lipinski definition) is 1. The number of fused-ring (bicyclic) bond motifs is 1. The maximum atomic E-state index is 5.26.